The number of carbonyl (C=O) groups is 2. The Hall–Kier alpha value is -2.28. The van der Waals surface area contributed by atoms with Gasteiger partial charge in [0, 0.05) is 13.0 Å². The molecule has 1 atom stereocenters. The Morgan fingerprint density at radius 2 is 2.10 bits per heavy atom. The molecule has 0 spiro atoms. The minimum atomic E-state index is -0.957. The SMILES string of the molecule is NC(=O)[C@H](CCC(=O)O)NCc1ccc2c(c1)OCO2. The third-order valence-electron chi connectivity index (χ3n) is 2.98. The van der Waals surface area contributed by atoms with Crippen LogP contribution in [0, 0.1) is 0 Å². The lowest BCUT2D eigenvalue weighted by atomic mass is 10.1. The number of carbonyl (C=O) groups excluding carboxylic acids is 1. The van der Waals surface area contributed by atoms with Gasteiger partial charge in [-0.1, -0.05) is 6.07 Å². The molecule has 0 fully saturated rings. The first-order chi connectivity index (χ1) is 9.56. The lowest BCUT2D eigenvalue weighted by Crippen LogP contribution is -2.41. The molecule has 0 bridgehead atoms. The van der Waals surface area contributed by atoms with Crippen LogP contribution in [0.1, 0.15) is 18.4 Å². The quantitative estimate of drug-likeness (QED) is 0.659. The average molecular weight is 280 g/mol. The largest absolute Gasteiger partial charge is 0.481 e. The molecule has 20 heavy (non-hydrogen) atoms. The summed E-state index contributed by atoms with van der Waals surface area (Å²) in [5.41, 5.74) is 6.14. The molecule has 0 unspecified atom stereocenters. The summed E-state index contributed by atoms with van der Waals surface area (Å²) < 4.78 is 10.5. The lowest BCUT2D eigenvalue weighted by Gasteiger charge is -2.14. The van der Waals surface area contributed by atoms with Crippen molar-refractivity contribution in [1.29, 1.82) is 0 Å². The zero-order valence-electron chi connectivity index (χ0n) is 10.8. The molecule has 1 aliphatic rings. The fourth-order valence-corrected chi connectivity index (χ4v) is 1.90. The van der Waals surface area contributed by atoms with Gasteiger partial charge in [-0.05, 0) is 24.1 Å². The van der Waals surface area contributed by atoms with Crippen LogP contribution in [-0.2, 0) is 16.1 Å². The Morgan fingerprint density at radius 3 is 2.80 bits per heavy atom. The van der Waals surface area contributed by atoms with Crippen LogP contribution >= 0.6 is 0 Å². The summed E-state index contributed by atoms with van der Waals surface area (Å²) in [6.45, 7) is 0.596. The Kier molecular flexibility index (Phi) is 4.41. The van der Waals surface area contributed by atoms with Crippen LogP contribution < -0.4 is 20.5 Å². The van der Waals surface area contributed by atoms with Crippen LogP contribution in [0.25, 0.3) is 0 Å². The molecule has 1 aliphatic heterocycles. The maximum absolute atomic E-state index is 11.2. The summed E-state index contributed by atoms with van der Waals surface area (Å²) in [6, 6.07) is 4.77. The first-order valence-electron chi connectivity index (χ1n) is 6.19. The predicted molar refractivity (Wildman–Crippen MR) is 69.3 cm³/mol. The number of carboxylic acids is 1. The molecular weight excluding hydrogens is 264 g/mol. The number of carboxylic acid groups (broad SMARTS) is 1. The van der Waals surface area contributed by atoms with Crippen LogP contribution in [0.4, 0.5) is 0 Å². The number of primary amides is 1. The van der Waals surface area contributed by atoms with Crippen molar-refractivity contribution >= 4 is 11.9 Å². The summed E-state index contributed by atoms with van der Waals surface area (Å²) in [4.78, 5) is 21.8. The highest BCUT2D eigenvalue weighted by Gasteiger charge is 2.17. The molecule has 0 saturated heterocycles. The van der Waals surface area contributed by atoms with Crippen molar-refractivity contribution in [3.05, 3.63) is 23.8 Å². The minimum Gasteiger partial charge on any atom is -0.481 e. The third-order valence-corrected chi connectivity index (χ3v) is 2.98. The number of hydrogen-bond donors (Lipinski definition) is 3. The molecule has 0 saturated carbocycles. The Balaban J connectivity index is 1.91. The summed E-state index contributed by atoms with van der Waals surface area (Å²) in [6.07, 6.45) is 0.0525. The van der Waals surface area contributed by atoms with Crippen LogP contribution in [0.3, 0.4) is 0 Å². The third kappa shape index (κ3) is 3.61. The first-order valence-corrected chi connectivity index (χ1v) is 6.19. The standard InChI is InChI=1S/C13H16N2O5/c14-13(18)9(2-4-12(16)17)15-6-8-1-3-10-11(5-8)20-7-19-10/h1,3,5,9,15H,2,4,6-7H2,(H2,14,18)(H,16,17)/t9-/m0/s1. The number of nitrogens with one attached hydrogen (secondary N) is 1. The lowest BCUT2D eigenvalue weighted by molar-refractivity contribution is -0.137. The fourth-order valence-electron chi connectivity index (χ4n) is 1.90. The van der Waals surface area contributed by atoms with E-state index in [1.807, 2.05) is 12.1 Å². The van der Waals surface area contributed by atoms with E-state index in [0.717, 1.165) is 5.56 Å². The van der Waals surface area contributed by atoms with Gasteiger partial charge in [0.05, 0.1) is 6.04 Å². The van der Waals surface area contributed by atoms with E-state index in [9.17, 15) is 9.59 Å². The second-order valence-corrected chi connectivity index (χ2v) is 4.46. The highest BCUT2D eigenvalue weighted by molar-refractivity contribution is 5.80. The smallest absolute Gasteiger partial charge is 0.303 e. The van der Waals surface area contributed by atoms with E-state index in [4.69, 9.17) is 20.3 Å². The van der Waals surface area contributed by atoms with Crippen molar-refractivity contribution in [2.75, 3.05) is 6.79 Å². The monoisotopic (exact) mass is 280 g/mol. The molecule has 4 N–H and O–H groups in total. The molecule has 1 aromatic rings. The van der Waals surface area contributed by atoms with Crippen molar-refractivity contribution in [2.45, 2.75) is 25.4 Å². The number of ether oxygens (including phenoxy) is 2. The second-order valence-electron chi connectivity index (χ2n) is 4.46. The molecule has 0 aliphatic carbocycles. The zero-order valence-corrected chi connectivity index (χ0v) is 10.8. The van der Waals surface area contributed by atoms with Gasteiger partial charge in [0.1, 0.15) is 0 Å². The molecule has 1 aromatic carbocycles. The van der Waals surface area contributed by atoms with E-state index in [-0.39, 0.29) is 19.6 Å². The number of benzene rings is 1. The summed E-state index contributed by atoms with van der Waals surface area (Å²) in [5.74, 6) is -0.176. The van der Waals surface area contributed by atoms with Crippen LogP contribution in [0.5, 0.6) is 11.5 Å². The van der Waals surface area contributed by atoms with Gasteiger partial charge in [-0.3, -0.25) is 9.59 Å². The Labute approximate surface area is 115 Å². The number of aliphatic carboxylic acids is 1. The molecular formula is C13H16N2O5. The van der Waals surface area contributed by atoms with E-state index in [2.05, 4.69) is 5.32 Å². The van der Waals surface area contributed by atoms with E-state index in [0.29, 0.717) is 18.0 Å². The molecule has 2 rings (SSSR count). The number of rotatable bonds is 7. The zero-order chi connectivity index (χ0) is 14.5. The van der Waals surface area contributed by atoms with Gasteiger partial charge in [-0.25, -0.2) is 0 Å². The van der Waals surface area contributed by atoms with Crippen molar-refractivity contribution in [1.82, 2.24) is 5.32 Å². The maximum Gasteiger partial charge on any atom is 0.303 e. The van der Waals surface area contributed by atoms with Crippen LogP contribution in [0.15, 0.2) is 18.2 Å². The summed E-state index contributed by atoms with van der Waals surface area (Å²) in [5, 5.41) is 11.6. The van der Waals surface area contributed by atoms with Gasteiger partial charge in [-0.2, -0.15) is 0 Å². The van der Waals surface area contributed by atoms with Crippen molar-refractivity contribution < 1.29 is 24.2 Å². The van der Waals surface area contributed by atoms with Crippen LogP contribution in [-0.4, -0.2) is 29.8 Å². The molecule has 1 heterocycles. The first kappa shape index (κ1) is 14.1. The number of hydrogen-bond acceptors (Lipinski definition) is 5. The topological polar surface area (TPSA) is 111 Å². The highest BCUT2D eigenvalue weighted by atomic mass is 16.7. The predicted octanol–water partition coefficient (Wildman–Crippen LogP) is 0.224. The minimum absolute atomic E-state index is 0.109. The van der Waals surface area contributed by atoms with Gasteiger partial charge in [0.15, 0.2) is 11.5 Å². The molecule has 7 heteroatoms. The van der Waals surface area contributed by atoms with Crippen LogP contribution in [0.2, 0.25) is 0 Å². The van der Waals surface area contributed by atoms with E-state index < -0.39 is 17.9 Å². The van der Waals surface area contributed by atoms with Gasteiger partial charge < -0.3 is 25.6 Å². The summed E-state index contributed by atoms with van der Waals surface area (Å²) >= 11 is 0. The van der Waals surface area contributed by atoms with Gasteiger partial charge in [-0.15, -0.1) is 0 Å². The summed E-state index contributed by atoms with van der Waals surface area (Å²) in [7, 11) is 0. The molecule has 0 aromatic heterocycles. The Morgan fingerprint density at radius 1 is 1.35 bits per heavy atom. The maximum atomic E-state index is 11.2. The molecule has 108 valence electrons. The number of fused-ring (bicyclic) bond motifs is 1. The van der Waals surface area contributed by atoms with Crippen molar-refractivity contribution in [3.63, 3.8) is 0 Å². The Bertz CT molecular complexity index is 517. The van der Waals surface area contributed by atoms with Gasteiger partial charge in [0.2, 0.25) is 12.7 Å². The van der Waals surface area contributed by atoms with E-state index >= 15 is 0 Å². The fraction of sp³-hybridized carbons (Fsp3) is 0.385. The van der Waals surface area contributed by atoms with Crippen molar-refractivity contribution in [3.8, 4) is 11.5 Å². The molecule has 7 nitrogen and oxygen atoms in total. The van der Waals surface area contributed by atoms with Gasteiger partial charge in [0.25, 0.3) is 0 Å². The van der Waals surface area contributed by atoms with E-state index in [1.165, 1.54) is 0 Å². The normalized spacial score (nSPS) is 14.0. The number of nitrogens with two attached hydrogens (primary N) is 1. The number of amides is 1. The second kappa shape index (κ2) is 6.25. The van der Waals surface area contributed by atoms with Gasteiger partial charge >= 0.3 is 5.97 Å². The molecule has 0 radical (unpaired) electrons. The highest BCUT2D eigenvalue weighted by Crippen LogP contribution is 2.32. The average Bonchev–Trinajstić information content (AvgIpc) is 2.85. The van der Waals surface area contributed by atoms with Crippen molar-refractivity contribution in [2.24, 2.45) is 5.73 Å². The molecule has 1 amide bonds. The van der Waals surface area contributed by atoms with E-state index in [1.54, 1.807) is 6.07 Å².